The predicted octanol–water partition coefficient (Wildman–Crippen LogP) is 2.18. The molecule has 0 bridgehead atoms. The number of rotatable bonds is 0. The zero-order chi connectivity index (χ0) is 16.6. The van der Waals surface area contributed by atoms with Crippen molar-refractivity contribution in [1.82, 2.24) is 0 Å². The molecule has 0 aliphatic heterocycles. The molecule has 4 nitrogen and oxygen atoms in total. The monoisotopic (exact) mass is 320 g/mol. The van der Waals surface area contributed by atoms with Crippen LogP contribution in [0.15, 0.2) is 0 Å². The molecule has 4 aliphatic carbocycles. The SMILES string of the molecule is C[C@]12CC[C@H]3[C@@H](CC[C@H]4CC(=O)CC[C@@]43C)[C@@H]1C(N)(N)C[C@@H]2O. The lowest BCUT2D eigenvalue weighted by Gasteiger charge is -2.61. The van der Waals surface area contributed by atoms with Crippen molar-refractivity contribution in [3.8, 4) is 0 Å². The van der Waals surface area contributed by atoms with Gasteiger partial charge in [0.05, 0.1) is 11.8 Å². The average Bonchev–Trinajstić information content (AvgIpc) is 2.65. The molecule has 7 atom stereocenters. The average molecular weight is 320 g/mol. The van der Waals surface area contributed by atoms with E-state index in [1.165, 1.54) is 0 Å². The van der Waals surface area contributed by atoms with Crippen molar-refractivity contribution in [1.29, 1.82) is 0 Å². The van der Waals surface area contributed by atoms with Crippen molar-refractivity contribution < 1.29 is 9.90 Å². The first-order valence-corrected chi connectivity index (χ1v) is 9.46. The van der Waals surface area contributed by atoms with Gasteiger partial charge in [0.25, 0.3) is 0 Å². The first kappa shape index (κ1) is 16.0. The Balaban J connectivity index is 1.70. The number of nitrogens with two attached hydrogens (primary N) is 2. The van der Waals surface area contributed by atoms with E-state index in [2.05, 4.69) is 13.8 Å². The minimum Gasteiger partial charge on any atom is -0.392 e. The third kappa shape index (κ3) is 2.04. The van der Waals surface area contributed by atoms with Gasteiger partial charge >= 0.3 is 0 Å². The molecule has 0 aromatic heterocycles. The van der Waals surface area contributed by atoms with Crippen molar-refractivity contribution in [3.63, 3.8) is 0 Å². The Morgan fingerprint density at radius 2 is 1.83 bits per heavy atom. The second-order valence-electron chi connectivity index (χ2n) is 9.65. The molecule has 4 fully saturated rings. The third-order valence-corrected chi connectivity index (χ3v) is 8.58. The highest BCUT2D eigenvalue weighted by molar-refractivity contribution is 5.79. The fourth-order valence-electron chi connectivity index (χ4n) is 7.36. The molecule has 23 heavy (non-hydrogen) atoms. The van der Waals surface area contributed by atoms with Crippen LogP contribution in [0.5, 0.6) is 0 Å². The number of aliphatic hydroxyl groups is 1. The summed E-state index contributed by atoms with van der Waals surface area (Å²) in [7, 11) is 0. The van der Waals surface area contributed by atoms with E-state index < -0.39 is 5.66 Å². The Hall–Kier alpha value is -0.450. The summed E-state index contributed by atoms with van der Waals surface area (Å²) < 4.78 is 0. The largest absolute Gasteiger partial charge is 0.392 e. The quantitative estimate of drug-likeness (QED) is 0.597. The van der Waals surface area contributed by atoms with Crippen molar-refractivity contribution in [2.24, 2.45) is 46.0 Å². The number of hydrogen-bond acceptors (Lipinski definition) is 4. The van der Waals surface area contributed by atoms with Gasteiger partial charge < -0.3 is 16.6 Å². The second kappa shape index (κ2) is 4.80. The number of hydrogen-bond donors (Lipinski definition) is 3. The summed E-state index contributed by atoms with van der Waals surface area (Å²) in [5, 5.41) is 10.6. The van der Waals surface area contributed by atoms with Crippen LogP contribution in [0, 0.1) is 34.5 Å². The molecule has 0 aromatic carbocycles. The smallest absolute Gasteiger partial charge is 0.133 e. The lowest BCUT2D eigenvalue weighted by Crippen LogP contribution is -2.62. The summed E-state index contributed by atoms with van der Waals surface area (Å²) in [6, 6.07) is 0. The summed E-state index contributed by atoms with van der Waals surface area (Å²) in [5.41, 5.74) is 12.4. The van der Waals surface area contributed by atoms with Gasteiger partial charge in [0.1, 0.15) is 5.78 Å². The molecule has 0 heterocycles. The summed E-state index contributed by atoms with van der Waals surface area (Å²) in [6.07, 6.45) is 7.14. The molecular weight excluding hydrogens is 288 g/mol. The molecule has 0 aromatic rings. The minimum atomic E-state index is -0.745. The van der Waals surface area contributed by atoms with E-state index in [-0.39, 0.29) is 22.9 Å². The molecule has 4 saturated carbocycles. The summed E-state index contributed by atoms with van der Waals surface area (Å²) in [6.45, 7) is 4.63. The topological polar surface area (TPSA) is 89.3 Å². The number of ketones is 1. The Labute approximate surface area is 139 Å². The maximum Gasteiger partial charge on any atom is 0.133 e. The normalized spacial score (nSPS) is 55.0. The number of fused-ring (bicyclic) bond motifs is 5. The maximum absolute atomic E-state index is 11.9. The van der Waals surface area contributed by atoms with Gasteiger partial charge in [-0.25, -0.2) is 0 Å². The van der Waals surface area contributed by atoms with Crippen LogP contribution in [0.4, 0.5) is 0 Å². The lowest BCUT2D eigenvalue weighted by molar-refractivity contribution is -0.145. The van der Waals surface area contributed by atoms with Crippen LogP contribution >= 0.6 is 0 Å². The Kier molecular flexibility index (Phi) is 3.35. The Morgan fingerprint density at radius 1 is 1.09 bits per heavy atom. The molecule has 0 unspecified atom stereocenters. The van der Waals surface area contributed by atoms with Crippen LogP contribution in [-0.2, 0) is 4.79 Å². The lowest BCUT2D eigenvalue weighted by atomic mass is 9.44. The van der Waals surface area contributed by atoms with Gasteiger partial charge in [-0.1, -0.05) is 13.8 Å². The number of aliphatic hydroxyl groups excluding tert-OH is 1. The molecule has 0 radical (unpaired) electrons. The maximum atomic E-state index is 11.9. The van der Waals surface area contributed by atoms with Gasteiger partial charge in [-0.15, -0.1) is 0 Å². The highest BCUT2D eigenvalue weighted by atomic mass is 16.3. The van der Waals surface area contributed by atoms with Crippen molar-refractivity contribution in [2.45, 2.75) is 77.0 Å². The van der Waals surface area contributed by atoms with Crippen molar-refractivity contribution in [2.75, 3.05) is 0 Å². The first-order valence-electron chi connectivity index (χ1n) is 9.46. The molecule has 4 aliphatic rings. The van der Waals surface area contributed by atoms with Crippen molar-refractivity contribution >= 4 is 5.78 Å². The van der Waals surface area contributed by atoms with Gasteiger partial charge in [0, 0.05) is 25.2 Å². The standard InChI is InChI=1S/C19H32N2O2/c1-17-7-5-12(22)9-11(17)3-4-13-14(17)6-8-18(2)15(23)10-19(20,21)16(13)18/h11,13-16,23H,3-10,20-21H2,1-2H3/t11-,13+,14-,15-,16-,17-,18+/m0/s1. The zero-order valence-electron chi connectivity index (χ0n) is 14.6. The summed E-state index contributed by atoms with van der Waals surface area (Å²) in [4.78, 5) is 11.9. The van der Waals surface area contributed by atoms with E-state index in [4.69, 9.17) is 11.5 Å². The fourth-order valence-corrected chi connectivity index (χ4v) is 7.36. The van der Waals surface area contributed by atoms with E-state index >= 15 is 0 Å². The molecule has 4 heteroatoms. The van der Waals surface area contributed by atoms with Gasteiger partial charge in [-0.05, 0) is 60.7 Å². The molecule has 130 valence electrons. The highest BCUT2D eigenvalue weighted by Crippen LogP contribution is 2.66. The van der Waals surface area contributed by atoms with E-state index in [9.17, 15) is 9.90 Å². The number of Topliss-reactive ketones (excluding diaryl/α,β-unsaturated/α-hetero) is 1. The summed E-state index contributed by atoms with van der Waals surface area (Å²) >= 11 is 0. The van der Waals surface area contributed by atoms with E-state index in [1.807, 2.05) is 0 Å². The highest BCUT2D eigenvalue weighted by Gasteiger charge is 2.65. The minimum absolute atomic E-state index is 0.127. The van der Waals surface area contributed by atoms with E-state index in [0.29, 0.717) is 30.0 Å². The van der Waals surface area contributed by atoms with E-state index in [1.54, 1.807) is 0 Å². The van der Waals surface area contributed by atoms with Gasteiger partial charge in [0.2, 0.25) is 0 Å². The number of carbonyl (C=O) groups excluding carboxylic acids is 1. The first-order chi connectivity index (χ1) is 10.7. The van der Waals surface area contributed by atoms with Crippen LogP contribution in [0.25, 0.3) is 0 Å². The second-order valence-corrected chi connectivity index (χ2v) is 9.65. The van der Waals surface area contributed by atoms with Crippen LogP contribution in [0.1, 0.15) is 65.2 Å². The van der Waals surface area contributed by atoms with Crippen LogP contribution in [0.3, 0.4) is 0 Å². The summed E-state index contributed by atoms with van der Waals surface area (Å²) in [5.74, 6) is 2.33. The molecule has 0 saturated heterocycles. The molecule has 0 spiro atoms. The molecule has 0 amide bonds. The molecular formula is C19H32N2O2. The van der Waals surface area contributed by atoms with Crippen LogP contribution < -0.4 is 11.5 Å². The van der Waals surface area contributed by atoms with Crippen LogP contribution in [0.2, 0.25) is 0 Å². The van der Waals surface area contributed by atoms with Gasteiger partial charge in [0.15, 0.2) is 0 Å². The fraction of sp³-hybridized carbons (Fsp3) is 0.947. The Bertz CT molecular complexity index is 533. The Morgan fingerprint density at radius 3 is 2.57 bits per heavy atom. The third-order valence-electron chi connectivity index (χ3n) is 8.58. The van der Waals surface area contributed by atoms with Crippen LogP contribution in [-0.4, -0.2) is 22.7 Å². The van der Waals surface area contributed by atoms with Gasteiger partial charge in [-0.3, -0.25) is 4.79 Å². The molecule has 4 rings (SSSR count). The van der Waals surface area contributed by atoms with E-state index in [0.717, 1.165) is 44.9 Å². The zero-order valence-corrected chi connectivity index (χ0v) is 14.6. The van der Waals surface area contributed by atoms with Crippen molar-refractivity contribution in [3.05, 3.63) is 0 Å². The number of carbonyl (C=O) groups is 1. The molecule has 5 N–H and O–H groups in total. The van der Waals surface area contributed by atoms with Gasteiger partial charge in [-0.2, -0.15) is 0 Å². The predicted molar refractivity (Wildman–Crippen MR) is 89.2 cm³/mol.